The zero-order valence-electron chi connectivity index (χ0n) is 45.1. The summed E-state index contributed by atoms with van der Waals surface area (Å²) >= 11 is 0. The number of amides is 4. The first kappa shape index (κ1) is 64.1. The molecule has 6 aromatic rings. The van der Waals surface area contributed by atoms with Gasteiger partial charge in [0.05, 0.1) is 11.5 Å². The van der Waals surface area contributed by atoms with Crippen molar-refractivity contribution in [3.05, 3.63) is 166 Å². The van der Waals surface area contributed by atoms with Crippen LogP contribution in [0.2, 0.25) is 0 Å². The summed E-state index contributed by atoms with van der Waals surface area (Å²) in [6, 6.07) is 25.2. The van der Waals surface area contributed by atoms with Gasteiger partial charge in [0.2, 0.25) is 43.8 Å². The summed E-state index contributed by atoms with van der Waals surface area (Å²) in [5.74, 6) is -2.12. The van der Waals surface area contributed by atoms with E-state index in [0.717, 1.165) is 11.1 Å². The number of benzene rings is 4. The number of ether oxygens (including phenoxy) is 4. The third-order valence-electron chi connectivity index (χ3n) is 11.4. The number of aromatic nitrogens is 6. The highest BCUT2D eigenvalue weighted by atomic mass is 32.2. The molecule has 6 aliphatic heterocycles. The van der Waals surface area contributed by atoms with Crippen LogP contribution in [0.3, 0.4) is 0 Å². The van der Waals surface area contributed by atoms with Crippen molar-refractivity contribution in [2.24, 2.45) is 0 Å². The van der Waals surface area contributed by atoms with Crippen molar-refractivity contribution in [1.29, 1.82) is 0 Å². The van der Waals surface area contributed by atoms with Crippen molar-refractivity contribution in [2.45, 2.75) is 51.1 Å². The minimum atomic E-state index is -4.59. The molecule has 0 fully saturated rings. The Kier molecular flexibility index (Phi) is 22.3. The maximum atomic E-state index is 12.8. The van der Waals surface area contributed by atoms with E-state index in [1.54, 1.807) is 72.8 Å². The Morgan fingerprint density at radius 3 is 1.17 bits per heavy atom. The molecule has 0 saturated carbocycles. The van der Waals surface area contributed by atoms with Gasteiger partial charge in [-0.05, 0) is 70.8 Å². The van der Waals surface area contributed by atoms with Gasteiger partial charge in [-0.25, -0.2) is 16.8 Å². The number of nitrogens with zero attached hydrogens (tertiary/aromatic N) is 6. The fraction of sp³-hybridized carbons (Fsp3) is 0.296. The van der Waals surface area contributed by atoms with Crippen molar-refractivity contribution in [2.75, 3.05) is 61.7 Å². The van der Waals surface area contributed by atoms with Gasteiger partial charge >= 0.3 is 24.4 Å². The maximum Gasteiger partial charge on any atom is 0.422 e. The second kappa shape index (κ2) is 29.9. The van der Waals surface area contributed by atoms with E-state index in [9.17, 15) is 62.4 Å². The lowest BCUT2D eigenvalue weighted by Gasteiger charge is -2.12. The summed E-state index contributed by atoms with van der Waals surface area (Å²) in [6.45, 7) is -2.78. The monoisotopic (exact) mass is 1240 g/mol. The molecule has 2 aromatic heterocycles. The van der Waals surface area contributed by atoms with Crippen LogP contribution in [0.5, 0.6) is 23.5 Å². The standard InChI is InChI=1S/2C27H27F3N6O6S/c2*28-27(29,30)17-42-26-34-22-15-18-3-7-20(8-4-18)24(38)31-12-11-23(37)36-43(39,40)14-2-1-13-41-21-9-5-19(6-10-21)16-32-25(33-22)35-26/h2*1-10H,11-17H2,(H,31,38)(H,36,37)(H,32,33,34,35)/b2-1+;2-1-. The minimum Gasteiger partial charge on any atom is -0.490 e. The van der Waals surface area contributed by atoms with Crippen molar-refractivity contribution in [3.63, 3.8) is 0 Å². The molecule has 0 unspecified atom stereocenters. The summed E-state index contributed by atoms with van der Waals surface area (Å²) in [4.78, 5) is 73.6. The second-order valence-electron chi connectivity index (χ2n) is 18.5. The molecule has 8 heterocycles. The van der Waals surface area contributed by atoms with Crippen molar-refractivity contribution in [1.82, 2.24) is 50.0 Å². The van der Waals surface area contributed by atoms with E-state index in [-0.39, 0.29) is 99.7 Å². The van der Waals surface area contributed by atoms with Gasteiger partial charge in [0.1, 0.15) is 36.4 Å². The van der Waals surface area contributed by atoms with Crippen LogP contribution in [0, 0.1) is 0 Å². The lowest BCUT2D eigenvalue weighted by Crippen LogP contribution is -2.35. The average molecular weight is 1240 g/mol. The molecule has 0 saturated heterocycles. The fourth-order valence-electron chi connectivity index (χ4n) is 7.35. The summed E-state index contributed by atoms with van der Waals surface area (Å²) in [5.41, 5.74) is 3.38. The SMILES string of the molecule is O=C1CCNC(=O)c2ccc(cc2)Cc2nc(nc(OCC(F)(F)F)n2)NCc2ccc(cc2)OC/C=C/CS(=O)(=O)N1.O=C1CCNC(=O)c2ccc(cc2)Cc2nc(nc(OCC(F)(F)F)n2)NCc2ccc(cc2)OC/C=C\CS(=O)(=O)N1. The van der Waals surface area contributed by atoms with Crippen molar-refractivity contribution >= 4 is 55.6 Å². The molecular formula is C54H54F6N12O12S2. The number of nitrogens with one attached hydrogen (secondary N) is 6. The highest BCUT2D eigenvalue weighted by molar-refractivity contribution is 7.90. The topological polar surface area (TPSA) is 323 Å². The largest absolute Gasteiger partial charge is 0.490 e. The number of rotatable bonds is 4. The molecule has 24 nitrogen and oxygen atoms in total. The molecule has 0 radical (unpaired) electrons. The van der Waals surface area contributed by atoms with Crippen LogP contribution < -0.4 is 49.7 Å². The normalized spacial score (nSPS) is 17.2. The van der Waals surface area contributed by atoms with Crippen LogP contribution in [-0.4, -0.2) is 134 Å². The molecule has 456 valence electrons. The van der Waals surface area contributed by atoms with E-state index >= 15 is 0 Å². The summed E-state index contributed by atoms with van der Waals surface area (Å²) in [5, 5.41) is 11.0. The molecule has 4 aromatic carbocycles. The first-order valence-corrected chi connectivity index (χ1v) is 29.1. The molecular weight excluding hydrogens is 1190 g/mol. The molecule has 6 N–H and O–H groups in total. The van der Waals surface area contributed by atoms with Gasteiger partial charge < -0.3 is 40.2 Å². The number of carbonyl (C=O) groups excluding carboxylic acids is 4. The maximum absolute atomic E-state index is 12.8. The summed E-state index contributed by atoms with van der Waals surface area (Å²) < 4.78 is 150. The number of hydrogen-bond acceptors (Lipinski definition) is 20. The highest BCUT2D eigenvalue weighted by Crippen LogP contribution is 2.22. The Hall–Kier alpha value is -9.46. The van der Waals surface area contributed by atoms with Crippen LogP contribution >= 0.6 is 0 Å². The van der Waals surface area contributed by atoms with Crippen molar-refractivity contribution in [3.8, 4) is 23.5 Å². The zero-order valence-corrected chi connectivity index (χ0v) is 46.7. The zero-order chi connectivity index (χ0) is 61.7. The smallest absolute Gasteiger partial charge is 0.422 e. The minimum absolute atomic E-state index is 0.00376. The molecule has 0 spiro atoms. The first-order chi connectivity index (χ1) is 40.9. The van der Waals surface area contributed by atoms with Gasteiger partial charge in [-0.1, -0.05) is 72.8 Å². The lowest BCUT2D eigenvalue weighted by atomic mass is 10.1. The van der Waals surface area contributed by atoms with Gasteiger partial charge in [0.15, 0.2) is 13.2 Å². The fourth-order valence-corrected chi connectivity index (χ4v) is 9.19. The molecule has 0 aliphatic carbocycles. The van der Waals surface area contributed by atoms with Gasteiger partial charge in [-0.3, -0.25) is 28.6 Å². The summed E-state index contributed by atoms with van der Waals surface area (Å²) in [7, 11) is -7.83. The Morgan fingerprint density at radius 1 is 0.453 bits per heavy atom. The molecule has 32 heteroatoms. The molecule has 86 heavy (non-hydrogen) atoms. The van der Waals surface area contributed by atoms with E-state index in [2.05, 4.69) is 51.2 Å². The number of anilines is 2. The van der Waals surface area contributed by atoms with Gasteiger partial charge in [-0.2, -0.15) is 56.2 Å². The van der Waals surface area contributed by atoms with Gasteiger partial charge in [-0.15, -0.1) is 0 Å². The van der Waals surface area contributed by atoms with Crippen LogP contribution in [0.1, 0.15) is 67.5 Å². The van der Waals surface area contributed by atoms with Crippen LogP contribution in [0.25, 0.3) is 0 Å². The van der Waals surface area contributed by atoms with Gasteiger partial charge in [0, 0.05) is 63.0 Å². The van der Waals surface area contributed by atoms with Crippen molar-refractivity contribution < 1.29 is 81.3 Å². The van der Waals surface area contributed by atoms with Crippen LogP contribution in [0.4, 0.5) is 38.2 Å². The average Bonchev–Trinajstić information content (AvgIpc) is 2.34. The Bertz CT molecular complexity index is 3370. The van der Waals surface area contributed by atoms with E-state index in [4.69, 9.17) is 18.9 Å². The molecule has 6 aliphatic rings. The van der Waals surface area contributed by atoms with E-state index in [1.165, 1.54) is 48.6 Å². The third-order valence-corrected chi connectivity index (χ3v) is 13.8. The summed E-state index contributed by atoms with van der Waals surface area (Å²) in [6.07, 6.45) is -3.84. The molecule has 12 rings (SSSR count). The Balaban J connectivity index is 0.000000246. The first-order valence-electron chi connectivity index (χ1n) is 25.8. The van der Waals surface area contributed by atoms with Crippen LogP contribution in [-0.2, 0) is 55.6 Å². The predicted octanol–water partition coefficient (Wildman–Crippen LogP) is 5.06. The quantitative estimate of drug-likeness (QED) is 0.0992. The number of halogens is 6. The lowest BCUT2D eigenvalue weighted by molar-refractivity contribution is -0.155. The second-order valence-corrected chi connectivity index (χ2v) is 22.0. The number of carbonyl (C=O) groups is 4. The highest BCUT2D eigenvalue weighted by Gasteiger charge is 2.30. The van der Waals surface area contributed by atoms with E-state index in [0.29, 0.717) is 22.6 Å². The van der Waals surface area contributed by atoms with E-state index in [1.807, 2.05) is 9.44 Å². The Labute approximate surface area is 487 Å². The molecule has 0 atom stereocenters. The number of sulfonamides is 2. The van der Waals surface area contributed by atoms with E-state index < -0.39 is 92.8 Å². The van der Waals surface area contributed by atoms with Gasteiger partial charge in [0.25, 0.3) is 11.8 Å². The molecule has 4 amide bonds. The molecule has 12 bridgehead atoms. The number of hydrogen-bond donors (Lipinski definition) is 6. The van der Waals surface area contributed by atoms with Crippen LogP contribution in [0.15, 0.2) is 121 Å². The number of fused-ring (bicyclic) bond motifs is 4. The predicted molar refractivity (Wildman–Crippen MR) is 296 cm³/mol. The third kappa shape index (κ3) is 22.9. The number of alkyl halides is 6. The Morgan fingerprint density at radius 2 is 0.814 bits per heavy atom.